The zero-order valence-corrected chi connectivity index (χ0v) is 11.7. The first-order chi connectivity index (χ1) is 9.92. The standard InChI is InChI=1S/C14H10F3N3S/c1-9-5-6-18-13-8-12(19-20(9)13)10-3-2-4-11(7-10)21-14(15,16)17/h2-8H,1H3. The fraction of sp³-hybridized carbons (Fsp3) is 0.143. The number of hydrogen-bond acceptors (Lipinski definition) is 3. The first-order valence-electron chi connectivity index (χ1n) is 6.10. The van der Waals surface area contributed by atoms with Gasteiger partial charge in [-0.2, -0.15) is 18.3 Å². The van der Waals surface area contributed by atoms with E-state index in [0.29, 0.717) is 16.9 Å². The summed E-state index contributed by atoms with van der Waals surface area (Å²) in [5.74, 6) is 0. The maximum atomic E-state index is 12.4. The molecule has 0 atom stereocenters. The quantitative estimate of drug-likeness (QED) is 0.661. The average molecular weight is 309 g/mol. The second-order valence-electron chi connectivity index (χ2n) is 4.46. The molecule has 0 aliphatic carbocycles. The zero-order valence-electron chi connectivity index (χ0n) is 10.9. The van der Waals surface area contributed by atoms with Gasteiger partial charge in [-0.25, -0.2) is 9.50 Å². The number of benzene rings is 1. The maximum Gasteiger partial charge on any atom is 0.446 e. The molecule has 0 fully saturated rings. The second-order valence-corrected chi connectivity index (χ2v) is 5.60. The average Bonchev–Trinajstić information content (AvgIpc) is 2.82. The van der Waals surface area contributed by atoms with Crippen molar-refractivity contribution in [2.75, 3.05) is 0 Å². The Balaban J connectivity index is 2.02. The number of aryl methyl sites for hydroxylation is 1. The van der Waals surface area contributed by atoms with E-state index >= 15 is 0 Å². The van der Waals surface area contributed by atoms with Gasteiger partial charge in [0.15, 0.2) is 5.65 Å². The molecular formula is C14H10F3N3S. The van der Waals surface area contributed by atoms with E-state index in [1.54, 1.807) is 28.9 Å². The van der Waals surface area contributed by atoms with Crippen molar-refractivity contribution < 1.29 is 13.2 Å². The summed E-state index contributed by atoms with van der Waals surface area (Å²) in [6, 6.07) is 9.81. The lowest BCUT2D eigenvalue weighted by atomic mass is 10.1. The van der Waals surface area contributed by atoms with Crippen LogP contribution >= 0.6 is 11.8 Å². The van der Waals surface area contributed by atoms with E-state index in [2.05, 4.69) is 10.1 Å². The molecule has 0 N–H and O–H groups in total. The molecular weight excluding hydrogens is 299 g/mol. The van der Waals surface area contributed by atoms with Gasteiger partial charge in [0.2, 0.25) is 0 Å². The van der Waals surface area contributed by atoms with Gasteiger partial charge in [0.1, 0.15) is 0 Å². The van der Waals surface area contributed by atoms with E-state index < -0.39 is 5.51 Å². The molecule has 0 aliphatic rings. The number of alkyl halides is 3. The molecule has 0 radical (unpaired) electrons. The van der Waals surface area contributed by atoms with Crippen LogP contribution in [0.2, 0.25) is 0 Å². The number of aromatic nitrogens is 3. The van der Waals surface area contributed by atoms with E-state index in [1.807, 2.05) is 13.0 Å². The lowest BCUT2D eigenvalue weighted by molar-refractivity contribution is -0.0328. The summed E-state index contributed by atoms with van der Waals surface area (Å²) in [7, 11) is 0. The van der Waals surface area contributed by atoms with Crippen molar-refractivity contribution in [3.8, 4) is 11.3 Å². The highest BCUT2D eigenvalue weighted by Gasteiger charge is 2.29. The largest absolute Gasteiger partial charge is 0.446 e. The molecule has 3 rings (SSSR count). The fourth-order valence-electron chi connectivity index (χ4n) is 2.01. The second kappa shape index (κ2) is 5.07. The molecule has 0 spiro atoms. The van der Waals surface area contributed by atoms with Crippen LogP contribution in [0, 0.1) is 6.92 Å². The molecule has 21 heavy (non-hydrogen) atoms. The van der Waals surface area contributed by atoms with Gasteiger partial charge < -0.3 is 0 Å². The van der Waals surface area contributed by atoms with Crippen LogP contribution in [0.25, 0.3) is 16.9 Å². The lowest BCUT2D eigenvalue weighted by Gasteiger charge is -2.06. The van der Waals surface area contributed by atoms with Crippen molar-refractivity contribution in [1.29, 1.82) is 0 Å². The summed E-state index contributed by atoms with van der Waals surface area (Å²) in [4.78, 5) is 4.33. The third kappa shape index (κ3) is 3.02. The van der Waals surface area contributed by atoms with Crippen LogP contribution in [0.15, 0.2) is 47.5 Å². The molecule has 0 saturated heterocycles. The lowest BCUT2D eigenvalue weighted by Crippen LogP contribution is -1.98. The Kier molecular flexibility index (Phi) is 3.36. The number of fused-ring (bicyclic) bond motifs is 1. The molecule has 7 heteroatoms. The van der Waals surface area contributed by atoms with Gasteiger partial charge in [-0.3, -0.25) is 0 Å². The van der Waals surface area contributed by atoms with Crippen LogP contribution in [0.5, 0.6) is 0 Å². The SMILES string of the molecule is Cc1ccnc2cc(-c3cccc(SC(F)(F)F)c3)nn12. The summed E-state index contributed by atoms with van der Waals surface area (Å²) >= 11 is -0.131. The van der Waals surface area contributed by atoms with Crippen molar-refractivity contribution >= 4 is 17.4 Å². The third-order valence-electron chi connectivity index (χ3n) is 2.91. The highest BCUT2D eigenvalue weighted by Crippen LogP contribution is 2.38. The van der Waals surface area contributed by atoms with E-state index in [-0.39, 0.29) is 16.7 Å². The highest BCUT2D eigenvalue weighted by molar-refractivity contribution is 8.00. The van der Waals surface area contributed by atoms with Crippen LogP contribution in [-0.4, -0.2) is 20.1 Å². The smallest absolute Gasteiger partial charge is 0.237 e. The Bertz CT molecular complexity index is 796. The molecule has 0 aliphatic heterocycles. The Morgan fingerprint density at radius 1 is 1.14 bits per heavy atom. The number of rotatable bonds is 2. The van der Waals surface area contributed by atoms with Crippen molar-refractivity contribution in [1.82, 2.24) is 14.6 Å². The molecule has 0 amide bonds. The van der Waals surface area contributed by atoms with Crippen molar-refractivity contribution in [3.05, 3.63) is 48.3 Å². The molecule has 2 heterocycles. The Morgan fingerprint density at radius 2 is 1.95 bits per heavy atom. The summed E-state index contributed by atoms with van der Waals surface area (Å²) in [5, 5.41) is 4.38. The minimum Gasteiger partial charge on any atom is -0.237 e. The predicted molar refractivity (Wildman–Crippen MR) is 75.1 cm³/mol. The van der Waals surface area contributed by atoms with Gasteiger partial charge in [0.25, 0.3) is 0 Å². The fourth-order valence-corrected chi connectivity index (χ4v) is 2.61. The van der Waals surface area contributed by atoms with Crippen LogP contribution in [-0.2, 0) is 0 Å². The van der Waals surface area contributed by atoms with Gasteiger partial charge in [-0.1, -0.05) is 12.1 Å². The summed E-state index contributed by atoms with van der Waals surface area (Å²) in [6.07, 6.45) is 1.67. The normalized spacial score (nSPS) is 12.0. The summed E-state index contributed by atoms with van der Waals surface area (Å²) < 4.78 is 39.0. The maximum absolute atomic E-state index is 12.4. The summed E-state index contributed by atoms with van der Waals surface area (Å²) in [6.45, 7) is 1.89. The zero-order chi connectivity index (χ0) is 15.0. The van der Waals surface area contributed by atoms with E-state index in [4.69, 9.17) is 0 Å². The molecule has 0 saturated carbocycles. The van der Waals surface area contributed by atoms with Gasteiger partial charge in [-0.15, -0.1) is 0 Å². The molecule has 1 aromatic carbocycles. The molecule has 108 valence electrons. The minimum absolute atomic E-state index is 0.131. The van der Waals surface area contributed by atoms with Crippen LogP contribution in [0.4, 0.5) is 13.2 Å². The van der Waals surface area contributed by atoms with Gasteiger partial charge in [0, 0.05) is 28.4 Å². The Labute approximate surface area is 122 Å². The predicted octanol–water partition coefficient (Wildman–Crippen LogP) is 4.32. The van der Waals surface area contributed by atoms with Gasteiger partial charge >= 0.3 is 5.51 Å². The molecule has 0 unspecified atom stereocenters. The van der Waals surface area contributed by atoms with Crippen LogP contribution < -0.4 is 0 Å². The van der Waals surface area contributed by atoms with Crippen molar-refractivity contribution in [2.24, 2.45) is 0 Å². The van der Waals surface area contributed by atoms with Crippen LogP contribution in [0.1, 0.15) is 5.69 Å². The van der Waals surface area contributed by atoms with E-state index in [9.17, 15) is 13.2 Å². The first-order valence-corrected chi connectivity index (χ1v) is 6.92. The van der Waals surface area contributed by atoms with Gasteiger partial charge in [0.05, 0.1) is 5.69 Å². The first kappa shape index (κ1) is 13.9. The number of nitrogens with zero attached hydrogens (tertiary/aromatic N) is 3. The minimum atomic E-state index is -4.30. The van der Waals surface area contributed by atoms with Crippen molar-refractivity contribution in [2.45, 2.75) is 17.3 Å². The molecule has 3 nitrogen and oxygen atoms in total. The van der Waals surface area contributed by atoms with Crippen molar-refractivity contribution in [3.63, 3.8) is 0 Å². The number of thioether (sulfide) groups is 1. The van der Waals surface area contributed by atoms with Crippen LogP contribution in [0.3, 0.4) is 0 Å². The topological polar surface area (TPSA) is 30.2 Å². The Hall–Kier alpha value is -2.02. The molecule has 2 aromatic heterocycles. The van der Waals surface area contributed by atoms with Gasteiger partial charge in [-0.05, 0) is 36.9 Å². The third-order valence-corrected chi connectivity index (χ3v) is 3.63. The summed E-state index contributed by atoms with van der Waals surface area (Å²) in [5.41, 5.74) is -1.49. The molecule has 0 bridgehead atoms. The highest BCUT2D eigenvalue weighted by atomic mass is 32.2. The number of hydrogen-bond donors (Lipinski definition) is 0. The number of halogens is 3. The monoisotopic (exact) mass is 309 g/mol. The van der Waals surface area contributed by atoms with E-state index in [0.717, 1.165) is 5.69 Å². The molecule has 3 aromatic rings. The van der Waals surface area contributed by atoms with E-state index in [1.165, 1.54) is 12.1 Å². The Morgan fingerprint density at radius 3 is 2.67 bits per heavy atom.